The van der Waals surface area contributed by atoms with Crippen molar-refractivity contribution in [2.45, 2.75) is 4.90 Å². The summed E-state index contributed by atoms with van der Waals surface area (Å²) in [5.74, 6) is 0.115. The first-order chi connectivity index (χ1) is 12.1. The van der Waals surface area contributed by atoms with Gasteiger partial charge in [-0.2, -0.15) is 4.31 Å². The number of sulfonamides is 1. The Morgan fingerprint density at radius 3 is 2.24 bits per heavy atom. The van der Waals surface area contributed by atoms with Gasteiger partial charge in [0, 0.05) is 32.7 Å². The predicted octanol–water partition coefficient (Wildman–Crippen LogP) is 2.21. The summed E-state index contributed by atoms with van der Waals surface area (Å²) in [6.45, 7) is 3.17. The third-order valence-corrected chi connectivity index (χ3v) is 6.14. The zero-order valence-corrected chi connectivity index (χ0v) is 14.7. The van der Waals surface area contributed by atoms with Crippen molar-refractivity contribution in [2.24, 2.45) is 0 Å². The van der Waals surface area contributed by atoms with Crippen LogP contribution in [0, 0.1) is 5.82 Å². The van der Waals surface area contributed by atoms with E-state index < -0.39 is 15.8 Å². The van der Waals surface area contributed by atoms with Gasteiger partial charge in [0.15, 0.2) is 0 Å². The van der Waals surface area contributed by atoms with Crippen molar-refractivity contribution in [3.63, 3.8) is 0 Å². The smallest absolute Gasteiger partial charge is 0.246 e. The van der Waals surface area contributed by atoms with Crippen LogP contribution in [-0.2, 0) is 10.0 Å². The summed E-state index contributed by atoms with van der Waals surface area (Å²) in [5.41, 5.74) is 0. The van der Waals surface area contributed by atoms with Crippen molar-refractivity contribution in [3.05, 3.63) is 60.4 Å². The van der Waals surface area contributed by atoms with Gasteiger partial charge in [0.2, 0.25) is 10.0 Å². The Balaban J connectivity index is 1.51. The number of nitrogens with zero attached hydrogens (tertiary/aromatic N) is 2. The molecule has 0 saturated carbocycles. The highest BCUT2D eigenvalue weighted by molar-refractivity contribution is 7.89. The average Bonchev–Trinajstić information content (AvgIpc) is 2.63. The van der Waals surface area contributed by atoms with Crippen LogP contribution in [0.2, 0.25) is 0 Å². The van der Waals surface area contributed by atoms with E-state index in [0.717, 1.165) is 12.3 Å². The molecule has 25 heavy (non-hydrogen) atoms. The third kappa shape index (κ3) is 4.36. The summed E-state index contributed by atoms with van der Waals surface area (Å²) >= 11 is 0. The molecule has 0 atom stereocenters. The molecule has 7 heteroatoms. The zero-order chi connectivity index (χ0) is 17.7. The fourth-order valence-corrected chi connectivity index (χ4v) is 4.28. The van der Waals surface area contributed by atoms with E-state index in [0.29, 0.717) is 32.8 Å². The van der Waals surface area contributed by atoms with Crippen LogP contribution in [0.25, 0.3) is 0 Å². The highest BCUT2D eigenvalue weighted by Gasteiger charge is 2.30. The molecule has 1 fully saturated rings. The van der Waals surface area contributed by atoms with Crippen molar-refractivity contribution < 1.29 is 17.5 Å². The Labute approximate surface area is 147 Å². The van der Waals surface area contributed by atoms with Gasteiger partial charge in [-0.15, -0.1) is 0 Å². The van der Waals surface area contributed by atoms with E-state index in [-0.39, 0.29) is 4.90 Å². The molecule has 0 radical (unpaired) electrons. The van der Waals surface area contributed by atoms with Gasteiger partial charge in [-0.25, -0.2) is 12.8 Å². The number of para-hydroxylation sites is 1. The second-order valence-corrected chi connectivity index (χ2v) is 7.74. The number of hydrogen-bond acceptors (Lipinski definition) is 4. The highest BCUT2D eigenvalue weighted by Crippen LogP contribution is 2.20. The molecule has 1 heterocycles. The molecule has 3 rings (SSSR count). The minimum Gasteiger partial charge on any atom is -0.492 e. The highest BCUT2D eigenvalue weighted by atomic mass is 32.2. The van der Waals surface area contributed by atoms with E-state index in [1.165, 1.54) is 28.6 Å². The average molecular weight is 364 g/mol. The molecule has 134 valence electrons. The molecule has 1 saturated heterocycles. The fourth-order valence-electron chi connectivity index (χ4n) is 2.80. The van der Waals surface area contributed by atoms with Gasteiger partial charge in [-0.05, 0) is 24.3 Å². The number of hydrogen-bond donors (Lipinski definition) is 0. The van der Waals surface area contributed by atoms with Gasteiger partial charge in [0.1, 0.15) is 23.1 Å². The third-order valence-electron chi connectivity index (χ3n) is 4.21. The molecule has 2 aromatic carbocycles. The van der Waals surface area contributed by atoms with Crippen LogP contribution < -0.4 is 4.74 Å². The molecule has 5 nitrogen and oxygen atoms in total. The second kappa shape index (κ2) is 7.95. The van der Waals surface area contributed by atoms with E-state index in [1.807, 2.05) is 30.3 Å². The van der Waals surface area contributed by atoms with E-state index in [9.17, 15) is 12.8 Å². The molecule has 2 aromatic rings. The van der Waals surface area contributed by atoms with Crippen molar-refractivity contribution in [2.75, 3.05) is 39.3 Å². The summed E-state index contributed by atoms with van der Waals surface area (Å²) < 4.78 is 45.9. The molecule has 0 spiro atoms. The summed E-state index contributed by atoms with van der Waals surface area (Å²) in [4.78, 5) is 1.90. The number of piperazine rings is 1. The maximum atomic E-state index is 13.8. The lowest BCUT2D eigenvalue weighted by Crippen LogP contribution is -2.49. The zero-order valence-electron chi connectivity index (χ0n) is 13.8. The number of halogens is 1. The van der Waals surface area contributed by atoms with Crippen molar-refractivity contribution in [1.82, 2.24) is 9.21 Å². The van der Waals surface area contributed by atoms with Crippen LogP contribution in [0.5, 0.6) is 5.75 Å². The molecule has 0 aromatic heterocycles. The first-order valence-electron chi connectivity index (χ1n) is 8.22. The molecular formula is C18H21FN2O3S. The minimum atomic E-state index is -3.78. The molecular weight excluding hydrogens is 343 g/mol. The van der Waals surface area contributed by atoms with Gasteiger partial charge < -0.3 is 4.74 Å². The van der Waals surface area contributed by atoms with Gasteiger partial charge >= 0.3 is 0 Å². The van der Waals surface area contributed by atoms with Crippen LogP contribution in [0.3, 0.4) is 0 Å². The number of ether oxygens (including phenoxy) is 1. The molecule has 1 aliphatic heterocycles. The van der Waals surface area contributed by atoms with Crippen molar-refractivity contribution in [1.29, 1.82) is 0 Å². The number of rotatable bonds is 6. The van der Waals surface area contributed by atoms with Crippen LogP contribution in [-0.4, -0.2) is 57.0 Å². The summed E-state index contributed by atoms with van der Waals surface area (Å²) in [6, 6.07) is 15.1. The first kappa shape index (κ1) is 17.8. The Kier molecular flexibility index (Phi) is 5.67. The molecule has 0 N–H and O–H groups in total. The molecule has 0 bridgehead atoms. The van der Waals surface area contributed by atoms with Crippen LogP contribution in [0.1, 0.15) is 0 Å². The molecule has 0 unspecified atom stereocenters. The lowest BCUT2D eigenvalue weighted by atomic mass is 10.3. The Morgan fingerprint density at radius 1 is 0.920 bits per heavy atom. The van der Waals surface area contributed by atoms with Gasteiger partial charge in [0.25, 0.3) is 0 Å². The molecule has 1 aliphatic rings. The Bertz CT molecular complexity index is 791. The standard InChI is InChI=1S/C18H21FN2O3S/c19-17-8-4-5-9-18(17)25(22,23)21-12-10-20(11-13-21)14-15-24-16-6-2-1-3-7-16/h1-9H,10-15H2. The van der Waals surface area contributed by atoms with E-state index >= 15 is 0 Å². The topological polar surface area (TPSA) is 49.9 Å². The van der Waals surface area contributed by atoms with E-state index in [2.05, 4.69) is 4.90 Å². The largest absolute Gasteiger partial charge is 0.492 e. The van der Waals surface area contributed by atoms with Crippen LogP contribution in [0.15, 0.2) is 59.5 Å². The maximum absolute atomic E-state index is 13.8. The lowest BCUT2D eigenvalue weighted by molar-refractivity contribution is 0.158. The van der Waals surface area contributed by atoms with Crippen LogP contribution >= 0.6 is 0 Å². The van der Waals surface area contributed by atoms with E-state index in [4.69, 9.17) is 4.74 Å². The maximum Gasteiger partial charge on any atom is 0.246 e. The SMILES string of the molecule is O=S(=O)(c1ccccc1F)N1CCN(CCOc2ccccc2)CC1. The Morgan fingerprint density at radius 2 is 1.56 bits per heavy atom. The van der Waals surface area contributed by atoms with Gasteiger partial charge in [0.05, 0.1) is 0 Å². The van der Waals surface area contributed by atoms with Gasteiger partial charge in [-0.1, -0.05) is 30.3 Å². The molecule has 0 aliphatic carbocycles. The second-order valence-electron chi connectivity index (χ2n) is 5.84. The summed E-state index contributed by atoms with van der Waals surface area (Å²) in [5, 5.41) is 0. The quantitative estimate of drug-likeness (QED) is 0.789. The number of benzene rings is 2. The Hall–Kier alpha value is -1.96. The van der Waals surface area contributed by atoms with Crippen molar-refractivity contribution >= 4 is 10.0 Å². The minimum absolute atomic E-state index is 0.254. The molecule has 0 amide bonds. The van der Waals surface area contributed by atoms with E-state index in [1.54, 1.807) is 0 Å². The summed E-state index contributed by atoms with van der Waals surface area (Å²) in [7, 11) is -3.78. The summed E-state index contributed by atoms with van der Waals surface area (Å²) in [6.07, 6.45) is 0. The van der Waals surface area contributed by atoms with Gasteiger partial charge in [-0.3, -0.25) is 4.90 Å². The normalized spacial score (nSPS) is 16.7. The van der Waals surface area contributed by atoms with Crippen LogP contribution in [0.4, 0.5) is 4.39 Å². The first-order valence-corrected chi connectivity index (χ1v) is 9.66. The predicted molar refractivity (Wildman–Crippen MR) is 93.5 cm³/mol. The van der Waals surface area contributed by atoms with Crippen molar-refractivity contribution in [3.8, 4) is 5.75 Å². The monoisotopic (exact) mass is 364 g/mol. The lowest BCUT2D eigenvalue weighted by Gasteiger charge is -2.33. The fraction of sp³-hybridized carbons (Fsp3) is 0.333.